The average Bonchev–Trinajstić information content (AvgIpc) is 3.30. The number of allylic oxidation sites excluding steroid dienone is 9. The molecule has 1 heterocycles. The summed E-state index contributed by atoms with van der Waals surface area (Å²) in [6.45, 7) is 3.98. The van der Waals surface area contributed by atoms with E-state index in [0.29, 0.717) is 25.9 Å². The topological polar surface area (TPSA) is 175 Å². The highest BCUT2D eigenvalue weighted by molar-refractivity contribution is 5.76. The van der Waals surface area contributed by atoms with Gasteiger partial charge >= 0.3 is 5.97 Å². The van der Waals surface area contributed by atoms with E-state index < -0.39 is 49.5 Å². The molecule has 0 saturated carbocycles. The van der Waals surface area contributed by atoms with Crippen molar-refractivity contribution in [2.75, 3.05) is 19.8 Å². The zero-order valence-corrected chi connectivity index (χ0v) is 40.9. The zero-order chi connectivity index (χ0) is 47.4. The molecule has 65 heavy (non-hydrogen) atoms. The lowest BCUT2D eigenvalue weighted by atomic mass is 9.99. The van der Waals surface area contributed by atoms with Crippen molar-refractivity contribution in [3.8, 4) is 0 Å². The van der Waals surface area contributed by atoms with Gasteiger partial charge in [0.1, 0.15) is 24.4 Å². The van der Waals surface area contributed by atoms with Crippen LogP contribution in [0.4, 0.5) is 0 Å². The van der Waals surface area contributed by atoms with Gasteiger partial charge in [0, 0.05) is 12.8 Å². The van der Waals surface area contributed by atoms with E-state index in [1.807, 2.05) is 19.1 Å². The number of rotatable bonds is 43. The van der Waals surface area contributed by atoms with Gasteiger partial charge in [-0.05, 0) is 77.6 Å². The summed E-state index contributed by atoms with van der Waals surface area (Å²) >= 11 is 0. The van der Waals surface area contributed by atoms with Crippen LogP contribution in [-0.4, -0.2) is 100 Å². The minimum Gasteiger partial charge on any atom is -0.466 e. The average molecular weight is 918 g/mol. The first-order valence-corrected chi connectivity index (χ1v) is 26.0. The number of aliphatic hydroxyl groups is 5. The Morgan fingerprint density at radius 1 is 0.600 bits per heavy atom. The van der Waals surface area contributed by atoms with Crippen molar-refractivity contribution in [3.63, 3.8) is 0 Å². The molecule has 1 saturated heterocycles. The summed E-state index contributed by atoms with van der Waals surface area (Å²) in [7, 11) is 0. The predicted molar refractivity (Wildman–Crippen MR) is 264 cm³/mol. The van der Waals surface area contributed by atoms with Crippen LogP contribution in [0.1, 0.15) is 206 Å². The number of esters is 1. The molecule has 6 N–H and O–H groups in total. The number of hydrogen-bond acceptors (Lipinski definition) is 10. The quantitative estimate of drug-likeness (QED) is 0.0196. The number of carbonyl (C=O) groups is 2. The van der Waals surface area contributed by atoms with Crippen molar-refractivity contribution in [1.29, 1.82) is 0 Å². The third-order valence-electron chi connectivity index (χ3n) is 11.9. The molecule has 376 valence electrons. The molecule has 1 fully saturated rings. The Hall–Kier alpha value is -2.64. The van der Waals surface area contributed by atoms with Crippen molar-refractivity contribution >= 4 is 11.9 Å². The lowest BCUT2D eigenvalue weighted by molar-refractivity contribution is -0.302. The van der Waals surface area contributed by atoms with Crippen molar-refractivity contribution in [2.45, 2.75) is 249 Å². The summed E-state index contributed by atoms with van der Waals surface area (Å²) in [4.78, 5) is 25.0. The normalized spacial score (nSPS) is 20.3. The number of nitrogens with one attached hydrogen (secondary N) is 1. The van der Waals surface area contributed by atoms with Crippen LogP contribution in [0.15, 0.2) is 60.8 Å². The second-order valence-electron chi connectivity index (χ2n) is 17.9. The van der Waals surface area contributed by atoms with Crippen LogP contribution in [-0.2, 0) is 23.8 Å². The first kappa shape index (κ1) is 60.4. The standard InChI is InChI=1S/C54H95NO10/c1-3-5-7-9-11-13-14-15-19-22-26-30-34-38-42-50(59)63-43-39-35-31-27-23-20-17-16-18-21-25-29-33-37-41-49(58)55-46(47(57)40-36-32-28-24-12-10-8-6-4-2)45-64-54-53(62)52(61)51(60)48(44-56)65-54/h4,6,9,11-12,14-15,24,36,40,46-48,51-54,56-57,60-62H,3,5,7-8,10,13,16-23,25-35,37-39,41-45H2,1-2H3,(H,55,58)/b6-4+,11-9-,15-14-,24-12+,40-36+. The Balaban J connectivity index is 2.11. The van der Waals surface area contributed by atoms with Crippen LogP contribution >= 0.6 is 0 Å². The van der Waals surface area contributed by atoms with Crippen LogP contribution in [0.3, 0.4) is 0 Å². The molecule has 7 atom stereocenters. The van der Waals surface area contributed by atoms with Crippen molar-refractivity contribution in [2.24, 2.45) is 0 Å². The van der Waals surface area contributed by atoms with E-state index in [9.17, 15) is 35.1 Å². The Morgan fingerprint density at radius 3 is 1.69 bits per heavy atom. The van der Waals surface area contributed by atoms with E-state index >= 15 is 0 Å². The number of hydrogen-bond donors (Lipinski definition) is 6. The van der Waals surface area contributed by atoms with Gasteiger partial charge in [-0.3, -0.25) is 9.59 Å². The third kappa shape index (κ3) is 34.3. The third-order valence-corrected chi connectivity index (χ3v) is 11.9. The van der Waals surface area contributed by atoms with Crippen LogP contribution < -0.4 is 5.32 Å². The van der Waals surface area contributed by atoms with Gasteiger partial charge in [0.05, 0.1) is 32.0 Å². The fraction of sp³-hybridized carbons (Fsp3) is 0.778. The Bertz CT molecular complexity index is 1270. The minimum atomic E-state index is -1.58. The second kappa shape index (κ2) is 43.9. The largest absolute Gasteiger partial charge is 0.466 e. The molecule has 0 aromatic carbocycles. The van der Waals surface area contributed by atoms with Crippen LogP contribution in [0, 0.1) is 0 Å². The number of carbonyl (C=O) groups excluding carboxylic acids is 2. The molecule has 0 bridgehead atoms. The van der Waals surface area contributed by atoms with E-state index in [1.54, 1.807) is 6.08 Å². The van der Waals surface area contributed by atoms with Gasteiger partial charge in [-0.25, -0.2) is 0 Å². The molecule has 0 aromatic rings. The monoisotopic (exact) mass is 918 g/mol. The maximum atomic E-state index is 12.9. The molecule has 7 unspecified atom stereocenters. The summed E-state index contributed by atoms with van der Waals surface area (Å²) in [5.74, 6) is -0.253. The van der Waals surface area contributed by atoms with Gasteiger partial charge in [0.15, 0.2) is 6.29 Å². The molecule has 0 spiro atoms. The molecule has 11 nitrogen and oxygen atoms in total. The van der Waals surface area contributed by atoms with Crippen LogP contribution in [0.25, 0.3) is 0 Å². The van der Waals surface area contributed by atoms with Gasteiger partial charge in [0.25, 0.3) is 0 Å². The smallest absolute Gasteiger partial charge is 0.305 e. The van der Waals surface area contributed by atoms with Gasteiger partial charge in [0.2, 0.25) is 5.91 Å². The summed E-state index contributed by atoms with van der Waals surface area (Å²) in [6.07, 6.45) is 44.7. The second-order valence-corrected chi connectivity index (χ2v) is 17.9. The lowest BCUT2D eigenvalue weighted by Crippen LogP contribution is -2.60. The molecule has 0 aliphatic carbocycles. The fourth-order valence-corrected chi connectivity index (χ4v) is 7.72. The van der Waals surface area contributed by atoms with Gasteiger partial charge in [-0.2, -0.15) is 0 Å². The van der Waals surface area contributed by atoms with E-state index in [-0.39, 0.29) is 18.5 Å². The van der Waals surface area contributed by atoms with Gasteiger partial charge in [-0.1, -0.05) is 177 Å². The number of amides is 1. The molecular formula is C54H95NO10. The van der Waals surface area contributed by atoms with E-state index in [0.717, 1.165) is 83.5 Å². The SMILES string of the molecule is C/C=C/CC/C=C/CC/C=C/C(O)C(COC1OC(CO)C(O)C(O)C1O)NC(=O)CCCCCCCCCCCCCCCCOC(=O)CCCCCCC/C=C\C/C=C\CCCC. The molecule has 0 aromatic heterocycles. The Labute approximate surface area is 395 Å². The maximum absolute atomic E-state index is 12.9. The molecule has 1 rings (SSSR count). The summed E-state index contributed by atoms with van der Waals surface area (Å²) in [6, 6.07) is -0.843. The molecule has 1 aliphatic heterocycles. The first-order chi connectivity index (χ1) is 31.7. The summed E-state index contributed by atoms with van der Waals surface area (Å²) < 4.78 is 16.6. The molecular weight excluding hydrogens is 823 g/mol. The zero-order valence-electron chi connectivity index (χ0n) is 40.9. The summed E-state index contributed by atoms with van der Waals surface area (Å²) in [5.41, 5.74) is 0. The van der Waals surface area contributed by atoms with Crippen LogP contribution in [0.5, 0.6) is 0 Å². The van der Waals surface area contributed by atoms with Gasteiger partial charge in [-0.15, -0.1) is 0 Å². The van der Waals surface area contributed by atoms with Crippen molar-refractivity contribution < 1.29 is 49.3 Å². The number of unbranched alkanes of at least 4 members (excludes halogenated alkanes) is 22. The lowest BCUT2D eigenvalue weighted by Gasteiger charge is -2.40. The molecule has 0 radical (unpaired) electrons. The summed E-state index contributed by atoms with van der Waals surface area (Å²) in [5, 5.41) is 54.0. The first-order valence-electron chi connectivity index (χ1n) is 26.0. The minimum absolute atomic E-state index is 0.0406. The highest BCUT2D eigenvalue weighted by Gasteiger charge is 2.44. The predicted octanol–water partition coefficient (Wildman–Crippen LogP) is 10.7. The molecule has 1 aliphatic rings. The Morgan fingerprint density at radius 2 is 1.11 bits per heavy atom. The number of ether oxygens (including phenoxy) is 3. The van der Waals surface area contributed by atoms with Gasteiger partial charge < -0.3 is 45.1 Å². The van der Waals surface area contributed by atoms with E-state index in [2.05, 4.69) is 54.8 Å². The fourth-order valence-electron chi connectivity index (χ4n) is 7.72. The van der Waals surface area contributed by atoms with Crippen molar-refractivity contribution in [3.05, 3.63) is 60.8 Å². The molecule has 1 amide bonds. The van der Waals surface area contributed by atoms with E-state index in [4.69, 9.17) is 14.2 Å². The maximum Gasteiger partial charge on any atom is 0.305 e. The van der Waals surface area contributed by atoms with E-state index in [1.165, 1.54) is 89.9 Å². The molecule has 11 heteroatoms. The Kier molecular flexibility index (Phi) is 40.8. The number of aliphatic hydroxyl groups excluding tert-OH is 5. The highest BCUT2D eigenvalue weighted by Crippen LogP contribution is 2.23. The van der Waals surface area contributed by atoms with Crippen LogP contribution in [0.2, 0.25) is 0 Å². The van der Waals surface area contributed by atoms with Crippen molar-refractivity contribution in [1.82, 2.24) is 5.32 Å². The highest BCUT2D eigenvalue weighted by atomic mass is 16.7.